The zero-order valence-corrected chi connectivity index (χ0v) is 17.4. The third kappa shape index (κ3) is 4.87. The number of aryl methyl sites for hydroxylation is 1. The van der Waals surface area contributed by atoms with Crippen molar-refractivity contribution in [3.63, 3.8) is 0 Å². The van der Waals surface area contributed by atoms with Gasteiger partial charge in [0.25, 0.3) is 5.91 Å². The molecule has 0 unspecified atom stereocenters. The van der Waals surface area contributed by atoms with E-state index in [2.05, 4.69) is 15.3 Å². The van der Waals surface area contributed by atoms with Crippen LogP contribution in [0.25, 0.3) is 22.2 Å². The summed E-state index contributed by atoms with van der Waals surface area (Å²) in [5, 5.41) is 3.67. The molecule has 4 rings (SSSR count). The molecular weight excluding hydrogens is 414 g/mol. The Morgan fingerprint density at radius 1 is 1.03 bits per heavy atom. The Labute approximate surface area is 183 Å². The Morgan fingerprint density at radius 2 is 1.81 bits per heavy atom. The summed E-state index contributed by atoms with van der Waals surface area (Å²) < 4.78 is 5.27. The van der Waals surface area contributed by atoms with Crippen LogP contribution >= 0.6 is 11.6 Å². The number of hydrogen-bond donors (Lipinski definition) is 1. The van der Waals surface area contributed by atoms with Crippen LogP contribution in [0.4, 0.5) is 5.82 Å². The van der Waals surface area contributed by atoms with Crippen molar-refractivity contribution in [1.82, 2.24) is 9.97 Å². The summed E-state index contributed by atoms with van der Waals surface area (Å²) in [6, 6.07) is 20.0. The van der Waals surface area contributed by atoms with Crippen LogP contribution in [-0.2, 0) is 9.53 Å². The highest BCUT2D eigenvalue weighted by Gasteiger charge is 2.17. The van der Waals surface area contributed by atoms with Gasteiger partial charge in [0.05, 0.1) is 21.8 Å². The van der Waals surface area contributed by atoms with Gasteiger partial charge in [0.1, 0.15) is 5.82 Å². The fourth-order valence-electron chi connectivity index (χ4n) is 3.05. The van der Waals surface area contributed by atoms with Gasteiger partial charge < -0.3 is 10.1 Å². The average Bonchev–Trinajstić information content (AvgIpc) is 2.79. The van der Waals surface area contributed by atoms with Gasteiger partial charge in [-0.05, 0) is 31.2 Å². The molecule has 0 aliphatic rings. The number of rotatable bonds is 5. The van der Waals surface area contributed by atoms with Gasteiger partial charge in [-0.25, -0.2) is 14.8 Å². The van der Waals surface area contributed by atoms with Crippen molar-refractivity contribution in [1.29, 1.82) is 0 Å². The van der Waals surface area contributed by atoms with Crippen LogP contribution in [0.3, 0.4) is 0 Å². The van der Waals surface area contributed by atoms with Crippen molar-refractivity contribution >= 4 is 40.2 Å². The largest absolute Gasteiger partial charge is 0.452 e. The molecule has 4 aromatic rings. The number of benzene rings is 2. The second-order valence-corrected chi connectivity index (χ2v) is 7.36. The first-order valence-electron chi connectivity index (χ1n) is 9.55. The van der Waals surface area contributed by atoms with Crippen LogP contribution in [0.1, 0.15) is 15.9 Å². The number of fused-ring (bicyclic) bond motifs is 1. The van der Waals surface area contributed by atoms with E-state index >= 15 is 0 Å². The maximum Gasteiger partial charge on any atom is 0.339 e. The van der Waals surface area contributed by atoms with Gasteiger partial charge in [-0.2, -0.15) is 0 Å². The second kappa shape index (κ2) is 8.93. The highest BCUT2D eigenvalue weighted by atomic mass is 35.5. The summed E-state index contributed by atoms with van der Waals surface area (Å²) in [5.74, 6) is -0.784. The van der Waals surface area contributed by atoms with E-state index in [9.17, 15) is 9.59 Å². The normalized spacial score (nSPS) is 10.6. The Balaban J connectivity index is 1.55. The molecule has 0 spiro atoms. The molecule has 31 heavy (non-hydrogen) atoms. The minimum Gasteiger partial charge on any atom is -0.452 e. The number of anilines is 1. The summed E-state index contributed by atoms with van der Waals surface area (Å²) in [6.45, 7) is 1.56. The fraction of sp³-hybridized carbons (Fsp3) is 0.0833. The molecule has 0 saturated heterocycles. The summed E-state index contributed by atoms with van der Waals surface area (Å²) in [7, 11) is 0. The number of ether oxygens (including phenoxy) is 1. The van der Waals surface area contributed by atoms with Gasteiger partial charge in [0, 0.05) is 17.1 Å². The van der Waals surface area contributed by atoms with Crippen molar-refractivity contribution in [3.8, 4) is 11.3 Å². The predicted octanol–water partition coefficient (Wildman–Crippen LogP) is 5.05. The van der Waals surface area contributed by atoms with E-state index in [0.717, 1.165) is 11.1 Å². The van der Waals surface area contributed by atoms with E-state index in [1.165, 1.54) is 6.20 Å². The molecule has 0 aliphatic carbocycles. The van der Waals surface area contributed by atoms with Gasteiger partial charge in [-0.15, -0.1) is 0 Å². The molecule has 154 valence electrons. The number of esters is 1. The van der Waals surface area contributed by atoms with Crippen molar-refractivity contribution in [2.75, 3.05) is 11.9 Å². The molecule has 7 heteroatoms. The SMILES string of the molecule is Cc1ccc(-c2cc(C(=O)OCC(=O)Nc3ccc(Cl)cn3)c3ccccc3n2)cc1. The third-order valence-electron chi connectivity index (χ3n) is 4.61. The van der Waals surface area contributed by atoms with E-state index in [1.807, 2.05) is 49.4 Å². The lowest BCUT2D eigenvalue weighted by Crippen LogP contribution is -2.21. The number of carbonyl (C=O) groups is 2. The van der Waals surface area contributed by atoms with Gasteiger partial charge in [0.2, 0.25) is 0 Å². The summed E-state index contributed by atoms with van der Waals surface area (Å²) in [5.41, 5.74) is 3.68. The lowest BCUT2D eigenvalue weighted by molar-refractivity contribution is -0.119. The first kappa shape index (κ1) is 20.5. The standard InChI is InChI=1S/C24H18ClN3O3/c1-15-6-8-16(9-7-15)21-12-19(18-4-2-3-5-20(18)27-21)24(30)31-14-23(29)28-22-11-10-17(25)13-26-22/h2-13H,14H2,1H3,(H,26,28,29). The number of para-hydroxylation sites is 1. The Kier molecular flexibility index (Phi) is 5.91. The average molecular weight is 432 g/mol. The van der Waals surface area contributed by atoms with Crippen molar-refractivity contribution < 1.29 is 14.3 Å². The number of aromatic nitrogens is 2. The zero-order valence-electron chi connectivity index (χ0n) is 16.6. The zero-order chi connectivity index (χ0) is 21.8. The monoisotopic (exact) mass is 431 g/mol. The number of hydrogen-bond acceptors (Lipinski definition) is 5. The van der Waals surface area contributed by atoms with E-state index in [1.54, 1.807) is 24.3 Å². The summed E-state index contributed by atoms with van der Waals surface area (Å²) in [4.78, 5) is 33.6. The Bertz CT molecular complexity index is 1260. The van der Waals surface area contributed by atoms with Crippen LogP contribution in [0, 0.1) is 6.92 Å². The highest BCUT2D eigenvalue weighted by Crippen LogP contribution is 2.25. The number of halogens is 1. The van der Waals surface area contributed by atoms with Crippen LogP contribution < -0.4 is 5.32 Å². The van der Waals surface area contributed by atoms with Crippen LogP contribution in [0.15, 0.2) is 72.9 Å². The topological polar surface area (TPSA) is 81.2 Å². The lowest BCUT2D eigenvalue weighted by Gasteiger charge is -2.10. The maximum atomic E-state index is 12.8. The fourth-order valence-corrected chi connectivity index (χ4v) is 3.17. The smallest absolute Gasteiger partial charge is 0.339 e. The van der Waals surface area contributed by atoms with Crippen LogP contribution in [0.5, 0.6) is 0 Å². The predicted molar refractivity (Wildman–Crippen MR) is 120 cm³/mol. The molecule has 1 amide bonds. The van der Waals surface area contributed by atoms with Gasteiger partial charge >= 0.3 is 5.97 Å². The van der Waals surface area contributed by atoms with Gasteiger partial charge in [-0.1, -0.05) is 59.6 Å². The molecule has 0 saturated carbocycles. The molecule has 2 aromatic carbocycles. The minimum absolute atomic E-state index is 0.321. The third-order valence-corrected chi connectivity index (χ3v) is 4.84. The van der Waals surface area contributed by atoms with Crippen molar-refractivity contribution in [2.24, 2.45) is 0 Å². The summed E-state index contributed by atoms with van der Waals surface area (Å²) >= 11 is 5.78. The van der Waals surface area contributed by atoms with Gasteiger partial charge in [-0.3, -0.25) is 4.79 Å². The molecule has 0 fully saturated rings. The molecule has 2 aromatic heterocycles. The molecule has 1 N–H and O–H groups in total. The van der Waals surface area contributed by atoms with Gasteiger partial charge in [0.15, 0.2) is 6.61 Å². The molecular formula is C24H18ClN3O3. The molecule has 0 aliphatic heterocycles. The molecule has 0 bridgehead atoms. The first-order chi connectivity index (χ1) is 15.0. The highest BCUT2D eigenvalue weighted by molar-refractivity contribution is 6.30. The van der Waals surface area contributed by atoms with E-state index in [-0.39, 0.29) is 0 Å². The molecule has 6 nitrogen and oxygen atoms in total. The minimum atomic E-state index is -0.605. The van der Waals surface area contributed by atoms with Crippen LogP contribution in [0.2, 0.25) is 5.02 Å². The molecule has 0 atom stereocenters. The number of nitrogens with zero attached hydrogens (tertiary/aromatic N) is 2. The Morgan fingerprint density at radius 3 is 2.55 bits per heavy atom. The molecule has 2 heterocycles. The van der Waals surface area contributed by atoms with Crippen molar-refractivity contribution in [2.45, 2.75) is 6.92 Å². The summed E-state index contributed by atoms with van der Waals surface area (Å²) in [6.07, 6.45) is 1.42. The van der Waals surface area contributed by atoms with Crippen molar-refractivity contribution in [3.05, 3.63) is 89.1 Å². The first-order valence-corrected chi connectivity index (χ1v) is 9.93. The Hall–Kier alpha value is -3.77. The lowest BCUT2D eigenvalue weighted by atomic mass is 10.0. The number of amides is 1. The second-order valence-electron chi connectivity index (χ2n) is 6.92. The number of carbonyl (C=O) groups excluding carboxylic acids is 2. The van der Waals surface area contributed by atoms with Crippen LogP contribution in [-0.4, -0.2) is 28.5 Å². The number of pyridine rings is 2. The maximum absolute atomic E-state index is 12.8. The van der Waals surface area contributed by atoms with E-state index < -0.39 is 18.5 Å². The number of nitrogens with one attached hydrogen (secondary N) is 1. The molecule has 0 radical (unpaired) electrons. The van der Waals surface area contributed by atoms with E-state index in [0.29, 0.717) is 33.0 Å². The van der Waals surface area contributed by atoms with E-state index in [4.69, 9.17) is 16.3 Å². The quantitative estimate of drug-likeness (QED) is 0.447.